The minimum atomic E-state index is -1.52. The summed E-state index contributed by atoms with van der Waals surface area (Å²) in [6.07, 6.45) is 2.31. The number of carboxylic acid groups (broad SMARTS) is 1. The number of aliphatic carboxylic acids is 1. The van der Waals surface area contributed by atoms with Crippen molar-refractivity contribution in [1.29, 1.82) is 5.41 Å². The summed E-state index contributed by atoms with van der Waals surface area (Å²) < 4.78 is 0. The molecule has 1 aromatic carbocycles. The van der Waals surface area contributed by atoms with E-state index in [1.165, 1.54) is 31.5 Å². The lowest BCUT2D eigenvalue weighted by Gasteiger charge is -2.35. The first-order chi connectivity index (χ1) is 15.1. The van der Waals surface area contributed by atoms with Crippen molar-refractivity contribution < 1.29 is 24.3 Å². The molecule has 1 saturated heterocycles. The number of hydrogen-bond donors (Lipinski definition) is 4. The van der Waals surface area contributed by atoms with Crippen LogP contribution >= 0.6 is 0 Å². The van der Waals surface area contributed by atoms with E-state index in [-0.39, 0.29) is 5.84 Å². The van der Waals surface area contributed by atoms with Gasteiger partial charge in [-0.3, -0.25) is 24.8 Å². The molecule has 1 aliphatic heterocycles. The van der Waals surface area contributed by atoms with E-state index in [1.807, 2.05) is 0 Å². The van der Waals surface area contributed by atoms with E-state index in [9.17, 15) is 24.3 Å². The van der Waals surface area contributed by atoms with Crippen LogP contribution < -0.4 is 11.1 Å². The fourth-order valence-electron chi connectivity index (χ4n) is 3.58. The molecule has 5 N–H and O–H groups in total. The van der Waals surface area contributed by atoms with E-state index in [0.29, 0.717) is 21.7 Å². The third-order valence-corrected chi connectivity index (χ3v) is 5.21. The Labute approximate surface area is 183 Å². The maximum absolute atomic E-state index is 13.4. The Morgan fingerprint density at radius 2 is 1.94 bits per heavy atom. The van der Waals surface area contributed by atoms with Gasteiger partial charge in [-0.15, -0.1) is 0 Å². The zero-order valence-electron chi connectivity index (χ0n) is 17.4. The number of rotatable bonds is 7. The topological polar surface area (TPSA) is 170 Å². The van der Waals surface area contributed by atoms with Crippen molar-refractivity contribution in [3.05, 3.63) is 65.5 Å². The summed E-state index contributed by atoms with van der Waals surface area (Å²) in [4.78, 5) is 54.4. The highest BCUT2D eigenvalue weighted by Gasteiger charge is 2.53. The van der Waals surface area contributed by atoms with Gasteiger partial charge in [-0.2, -0.15) is 5.01 Å². The Hall–Kier alpha value is -4.28. The molecule has 2 aromatic rings. The van der Waals surface area contributed by atoms with Crippen molar-refractivity contribution in [2.45, 2.75) is 31.8 Å². The Morgan fingerprint density at radius 3 is 2.44 bits per heavy atom. The zero-order chi connectivity index (χ0) is 23.6. The first-order valence-corrected chi connectivity index (χ1v) is 9.59. The lowest BCUT2D eigenvalue weighted by atomic mass is 9.91. The standard InChI is InChI=1S/C21H22N6O5/c1-12(28)26(16(10-17(29)30)14-4-3-9-24-11-14)27-19(31)21(2,25-20(27)32)15-7-5-13(6-8-15)18(22)23/h3-9,11,16H,10H2,1-2H3,(H3,22,23)(H,25,32)(H,29,30). The minimum Gasteiger partial charge on any atom is -0.481 e. The number of nitrogens with two attached hydrogens (primary N) is 1. The maximum atomic E-state index is 13.4. The third-order valence-electron chi connectivity index (χ3n) is 5.21. The molecule has 0 saturated carbocycles. The number of urea groups is 1. The first-order valence-electron chi connectivity index (χ1n) is 9.59. The van der Waals surface area contributed by atoms with Gasteiger partial charge in [0.25, 0.3) is 5.91 Å². The van der Waals surface area contributed by atoms with Gasteiger partial charge in [-0.05, 0) is 24.1 Å². The quantitative estimate of drug-likeness (QED) is 0.285. The summed E-state index contributed by atoms with van der Waals surface area (Å²) in [5, 5.41) is 21.0. The van der Waals surface area contributed by atoms with Crippen LogP contribution in [0, 0.1) is 5.41 Å². The summed E-state index contributed by atoms with van der Waals surface area (Å²) in [5.41, 5.74) is 5.14. The lowest BCUT2D eigenvalue weighted by molar-refractivity contribution is -0.162. The molecular formula is C21H22N6O5. The van der Waals surface area contributed by atoms with E-state index < -0.39 is 41.8 Å². The number of nitrogens with one attached hydrogen (secondary N) is 2. The number of nitrogens with zero attached hydrogens (tertiary/aromatic N) is 3. The second-order valence-corrected chi connectivity index (χ2v) is 7.43. The molecule has 0 spiro atoms. The molecule has 166 valence electrons. The molecule has 1 fully saturated rings. The molecule has 2 atom stereocenters. The normalized spacial score (nSPS) is 18.8. The van der Waals surface area contributed by atoms with Crippen molar-refractivity contribution in [3.8, 4) is 0 Å². The highest BCUT2D eigenvalue weighted by Crippen LogP contribution is 2.34. The van der Waals surface area contributed by atoms with Gasteiger partial charge >= 0.3 is 12.0 Å². The van der Waals surface area contributed by atoms with Gasteiger partial charge in [0.1, 0.15) is 11.4 Å². The summed E-state index contributed by atoms with van der Waals surface area (Å²) in [6.45, 7) is 2.62. The van der Waals surface area contributed by atoms with Gasteiger partial charge in [-0.25, -0.2) is 9.80 Å². The summed E-state index contributed by atoms with van der Waals surface area (Å²) in [6, 6.07) is 7.29. The number of carbonyl (C=O) groups is 4. The number of carbonyl (C=O) groups excluding carboxylic acids is 3. The number of amidine groups is 1. The zero-order valence-corrected chi connectivity index (χ0v) is 17.4. The van der Waals surface area contributed by atoms with Crippen LogP contribution in [0.4, 0.5) is 4.79 Å². The van der Waals surface area contributed by atoms with Crippen LogP contribution in [0.3, 0.4) is 0 Å². The van der Waals surface area contributed by atoms with Crippen molar-refractivity contribution >= 4 is 29.7 Å². The molecule has 4 amide bonds. The first kappa shape index (κ1) is 22.4. The third kappa shape index (κ3) is 4.00. The summed E-state index contributed by atoms with van der Waals surface area (Å²) in [7, 11) is 0. The van der Waals surface area contributed by atoms with E-state index in [0.717, 1.165) is 11.9 Å². The largest absolute Gasteiger partial charge is 0.481 e. The SMILES string of the molecule is CC(=O)N(C(CC(=O)O)c1cccnc1)N1C(=O)NC(C)(c2ccc(C(=N)N)cc2)C1=O. The molecule has 2 unspecified atom stereocenters. The van der Waals surface area contributed by atoms with Crippen LogP contribution in [0.5, 0.6) is 0 Å². The molecule has 1 aromatic heterocycles. The van der Waals surface area contributed by atoms with Gasteiger partial charge in [-0.1, -0.05) is 30.3 Å². The number of hydrazine groups is 1. The molecule has 2 heterocycles. The van der Waals surface area contributed by atoms with Gasteiger partial charge in [0.05, 0.1) is 12.5 Å². The van der Waals surface area contributed by atoms with Crippen molar-refractivity contribution in [3.63, 3.8) is 0 Å². The number of pyridine rings is 1. The van der Waals surface area contributed by atoms with Crippen molar-refractivity contribution in [2.24, 2.45) is 5.73 Å². The predicted octanol–water partition coefficient (Wildman–Crippen LogP) is 1.11. The molecule has 0 radical (unpaired) electrons. The predicted molar refractivity (Wildman–Crippen MR) is 112 cm³/mol. The number of amides is 4. The minimum absolute atomic E-state index is 0.152. The van der Waals surface area contributed by atoms with Crippen molar-refractivity contribution in [1.82, 2.24) is 20.3 Å². The van der Waals surface area contributed by atoms with Gasteiger partial charge in [0.2, 0.25) is 5.91 Å². The summed E-state index contributed by atoms with van der Waals surface area (Å²) >= 11 is 0. The summed E-state index contributed by atoms with van der Waals surface area (Å²) in [5.74, 6) is -2.83. The number of imide groups is 1. The molecule has 1 aliphatic rings. The van der Waals surface area contributed by atoms with E-state index in [4.69, 9.17) is 11.1 Å². The van der Waals surface area contributed by atoms with Crippen LogP contribution in [0.25, 0.3) is 0 Å². The smallest absolute Gasteiger partial charge is 0.344 e. The van der Waals surface area contributed by atoms with Gasteiger partial charge in [0.15, 0.2) is 0 Å². The molecular weight excluding hydrogens is 416 g/mol. The van der Waals surface area contributed by atoms with Crippen LogP contribution in [0.1, 0.15) is 43.0 Å². The number of hydrogen-bond acceptors (Lipinski definition) is 6. The molecule has 0 bridgehead atoms. The Kier molecular flexibility index (Phi) is 5.92. The Bertz CT molecular complexity index is 1090. The van der Waals surface area contributed by atoms with Crippen LogP contribution in [0.15, 0.2) is 48.8 Å². The molecule has 11 heteroatoms. The molecule has 3 rings (SSSR count). The number of carboxylic acids is 1. The molecule has 11 nitrogen and oxygen atoms in total. The van der Waals surface area contributed by atoms with Gasteiger partial charge in [0, 0.05) is 24.9 Å². The number of nitrogen functional groups attached to an aromatic ring is 1. The average Bonchev–Trinajstić information content (AvgIpc) is 2.97. The van der Waals surface area contributed by atoms with Crippen LogP contribution in [-0.4, -0.2) is 49.8 Å². The highest BCUT2D eigenvalue weighted by molar-refractivity contribution is 6.08. The monoisotopic (exact) mass is 438 g/mol. The van der Waals surface area contributed by atoms with E-state index >= 15 is 0 Å². The molecule has 0 aliphatic carbocycles. The fourth-order valence-corrected chi connectivity index (χ4v) is 3.58. The maximum Gasteiger partial charge on any atom is 0.344 e. The van der Waals surface area contributed by atoms with Crippen LogP contribution in [-0.2, 0) is 19.9 Å². The Morgan fingerprint density at radius 1 is 1.28 bits per heavy atom. The van der Waals surface area contributed by atoms with Crippen LogP contribution in [0.2, 0.25) is 0 Å². The lowest BCUT2D eigenvalue weighted by Crippen LogP contribution is -2.52. The second-order valence-electron chi connectivity index (χ2n) is 7.43. The Balaban J connectivity index is 2.04. The van der Waals surface area contributed by atoms with Crippen molar-refractivity contribution in [2.75, 3.05) is 0 Å². The number of benzene rings is 1. The number of aromatic nitrogens is 1. The van der Waals surface area contributed by atoms with Gasteiger partial charge < -0.3 is 16.2 Å². The average molecular weight is 438 g/mol. The fraction of sp³-hybridized carbons (Fsp3) is 0.238. The second kappa shape index (κ2) is 8.46. The highest BCUT2D eigenvalue weighted by atomic mass is 16.4. The molecule has 32 heavy (non-hydrogen) atoms. The van der Waals surface area contributed by atoms with E-state index in [1.54, 1.807) is 24.3 Å². The van der Waals surface area contributed by atoms with E-state index in [2.05, 4.69) is 10.3 Å².